The zero-order valence-corrected chi connectivity index (χ0v) is 9.32. The second-order valence-electron chi connectivity index (χ2n) is 3.28. The minimum atomic E-state index is -0.198. The van der Waals surface area contributed by atoms with Gasteiger partial charge in [-0.3, -0.25) is 5.41 Å². The molecule has 0 aliphatic carbocycles. The van der Waals surface area contributed by atoms with Crippen LogP contribution in [0.1, 0.15) is 19.3 Å². The van der Waals surface area contributed by atoms with Crippen LogP contribution in [0.3, 0.4) is 0 Å². The zero-order valence-electron chi connectivity index (χ0n) is 8.50. The maximum Gasteiger partial charge on any atom is 0.123 e. The van der Waals surface area contributed by atoms with E-state index in [9.17, 15) is 4.39 Å². The Labute approximate surface area is 93.6 Å². The van der Waals surface area contributed by atoms with Gasteiger partial charge in [-0.25, -0.2) is 4.39 Å². The fourth-order valence-electron chi connectivity index (χ4n) is 1.14. The third-order valence-electron chi connectivity index (χ3n) is 1.92. The van der Waals surface area contributed by atoms with Gasteiger partial charge >= 0.3 is 0 Å². The van der Waals surface area contributed by atoms with E-state index < -0.39 is 0 Å². The van der Waals surface area contributed by atoms with Gasteiger partial charge in [-0.15, -0.1) is 11.8 Å². The molecule has 82 valence electrons. The number of halogens is 1. The molecule has 0 saturated heterocycles. The minimum absolute atomic E-state index is 0.198. The summed E-state index contributed by atoms with van der Waals surface area (Å²) in [5, 5.41) is 7.05. The molecule has 15 heavy (non-hydrogen) atoms. The molecule has 0 saturated carbocycles. The third-order valence-corrected chi connectivity index (χ3v) is 3.02. The van der Waals surface area contributed by atoms with Crippen molar-refractivity contribution in [1.29, 1.82) is 5.41 Å². The SMILES string of the molecule is N=C(N)CCCCSc1ccc(F)cc1. The first-order valence-corrected chi connectivity index (χ1v) is 5.88. The molecule has 3 N–H and O–H groups in total. The van der Waals surface area contributed by atoms with Crippen molar-refractivity contribution in [1.82, 2.24) is 0 Å². The van der Waals surface area contributed by atoms with Crippen molar-refractivity contribution in [3.63, 3.8) is 0 Å². The first-order valence-electron chi connectivity index (χ1n) is 4.90. The van der Waals surface area contributed by atoms with Crippen molar-refractivity contribution < 1.29 is 4.39 Å². The van der Waals surface area contributed by atoms with Gasteiger partial charge in [0.05, 0.1) is 5.84 Å². The molecule has 0 unspecified atom stereocenters. The van der Waals surface area contributed by atoms with E-state index in [1.54, 1.807) is 23.9 Å². The van der Waals surface area contributed by atoms with Crippen LogP contribution in [0.4, 0.5) is 4.39 Å². The largest absolute Gasteiger partial charge is 0.388 e. The summed E-state index contributed by atoms with van der Waals surface area (Å²) in [5.74, 6) is 1.04. The Bertz CT molecular complexity index is 311. The molecule has 0 bridgehead atoms. The molecule has 1 aromatic rings. The minimum Gasteiger partial charge on any atom is -0.388 e. The third kappa shape index (κ3) is 5.42. The van der Waals surface area contributed by atoms with E-state index in [1.165, 1.54) is 12.1 Å². The van der Waals surface area contributed by atoms with E-state index >= 15 is 0 Å². The molecule has 2 nitrogen and oxygen atoms in total. The zero-order chi connectivity index (χ0) is 11.1. The van der Waals surface area contributed by atoms with Crippen LogP contribution in [0, 0.1) is 11.2 Å². The Morgan fingerprint density at radius 1 is 1.27 bits per heavy atom. The average molecular weight is 226 g/mol. The lowest BCUT2D eigenvalue weighted by molar-refractivity contribution is 0.626. The topological polar surface area (TPSA) is 49.9 Å². The highest BCUT2D eigenvalue weighted by molar-refractivity contribution is 7.99. The Morgan fingerprint density at radius 2 is 1.93 bits per heavy atom. The van der Waals surface area contributed by atoms with Crippen LogP contribution < -0.4 is 5.73 Å². The van der Waals surface area contributed by atoms with Crippen LogP contribution in [0.15, 0.2) is 29.2 Å². The van der Waals surface area contributed by atoms with Gasteiger partial charge in [0.25, 0.3) is 0 Å². The van der Waals surface area contributed by atoms with Crippen LogP contribution >= 0.6 is 11.8 Å². The number of benzene rings is 1. The summed E-state index contributed by atoms with van der Waals surface area (Å²) in [5.41, 5.74) is 5.24. The Kier molecular flexibility index (Phi) is 5.18. The second-order valence-corrected chi connectivity index (χ2v) is 4.45. The quantitative estimate of drug-likeness (QED) is 0.339. The summed E-state index contributed by atoms with van der Waals surface area (Å²) >= 11 is 1.70. The summed E-state index contributed by atoms with van der Waals surface area (Å²) < 4.78 is 12.6. The molecule has 0 fully saturated rings. The number of hydrogen-bond donors (Lipinski definition) is 2. The lowest BCUT2D eigenvalue weighted by atomic mass is 10.2. The lowest BCUT2D eigenvalue weighted by Gasteiger charge is -2.01. The van der Waals surface area contributed by atoms with Crippen LogP contribution in [0.25, 0.3) is 0 Å². The predicted octanol–water partition coefficient (Wildman–Crippen LogP) is 3.02. The van der Waals surface area contributed by atoms with Crippen LogP contribution in [-0.2, 0) is 0 Å². The number of amidine groups is 1. The molecule has 0 heterocycles. The highest BCUT2D eigenvalue weighted by Gasteiger charge is 1.95. The van der Waals surface area contributed by atoms with Crippen LogP contribution in [-0.4, -0.2) is 11.6 Å². The highest BCUT2D eigenvalue weighted by atomic mass is 32.2. The molecule has 0 aliphatic heterocycles. The van der Waals surface area contributed by atoms with Gasteiger partial charge in [0.2, 0.25) is 0 Å². The van der Waals surface area contributed by atoms with E-state index in [-0.39, 0.29) is 11.7 Å². The molecule has 4 heteroatoms. The Balaban J connectivity index is 2.15. The Hall–Kier alpha value is -1.03. The molecule has 1 rings (SSSR count). The van der Waals surface area contributed by atoms with Crippen molar-refractivity contribution in [3.05, 3.63) is 30.1 Å². The fraction of sp³-hybridized carbons (Fsp3) is 0.364. The smallest absolute Gasteiger partial charge is 0.123 e. The first kappa shape index (κ1) is 12.0. The van der Waals surface area contributed by atoms with E-state index in [0.29, 0.717) is 6.42 Å². The summed E-state index contributed by atoms with van der Waals surface area (Å²) in [4.78, 5) is 1.08. The number of hydrogen-bond acceptors (Lipinski definition) is 2. The number of nitrogens with one attached hydrogen (secondary N) is 1. The average Bonchev–Trinajstić information content (AvgIpc) is 2.20. The van der Waals surface area contributed by atoms with Gasteiger partial charge in [-0.1, -0.05) is 0 Å². The first-order chi connectivity index (χ1) is 7.18. The molecule has 0 aliphatic rings. The van der Waals surface area contributed by atoms with Gasteiger partial charge in [-0.2, -0.15) is 0 Å². The lowest BCUT2D eigenvalue weighted by Crippen LogP contribution is -2.08. The number of unbranched alkanes of at least 4 members (excludes halogenated alkanes) is 1. The number of thioether (sulfide) groups is 1. The van der Waals surface area contributed by atoms with Crippen molar-refractivity contribution in [3.8, 4) is 0 Å². The highest BCUT2D eigenvalue weighted by Crippen LogP contribution is 2.19. The van der Waals surface area contributed by atoms with Crippen molar-refractivity contribution in [2.45, 2.75) is 24.2 Å². The van der Waals surface area contributed by atoms with Gasteiger partial charge in [0.15, 0.2) is 0 Å². The van der Waals surface area contributed by atoms with Gasteiger partial charge < -0.3 is 5.73 Å². The monoisotopic (exact) mass is 226 g/mol. The normalized spacial score (nSPS) is 10.2. The standard InChI is InChI=1S/C11H15FN2S/c12-9-4-6-10(7-5-9)15-8-2-1-3-11(13)14/h4-7H,1-3,8H2,(H3,13,14). The molecule has 0 aromatic heterocycles. The summed E-state index contributed by atoms with van der Waals surface area (Å²) in [6.07, 6.45) is 2.65. The maximum absolute atomic E-state index is 12.6. The van der Waals surface area contributed by atoms with Crippen LogP contribution in [0.5, 0.6) is 0 Å². The predicted molar refractivity (Wildman–Crippen MR) is 62.9 cm³/mol. The van der Waals surface area contributed by atoms with Gasteiger partial charge in [0, 0.05) is 11.3 Å². The molecular weight excluding hydrogens is 211 g/mol. The summed E-state index contributed by atoms with van der Waals surface area (Å²) in [6.45, 7) is 0. The Morgan fingerprint density at radius 3 is 2.53 bits per heavy atom. The fourth-order valence-corrected chi connectivity index (χ4v) is 2.05. The van der Waals surface area contributed by atoms with Crippen molar-refractivity contribution >= 4 is 17.6 Å². The maximum atomic E-state index is 12.6. The molecule has 0 radical (unpaired) electrons. The summed E-state index contributed by atoms with van der Waals surface area (Å²) in [6, 6.07) is 6.51. The van der Waals surface area contributed by atoms with Crippen molar-refractivity contribution in [2.24, 2.45) is 5.73 Å². The van der Waals surface area contributed by atoms with Gasteiger partial charge in [0.1, 0.15) is 5.82 Å². The molecule has 0 spiro atoms. The second kappa shape index (κ2) is 6.45. The molecular formula is C11H15FN2S. The summed E-state index contributed by atoms with van der Waals surface area (Å²) in [7, 11) is 0. The molecule has 0 atom stereocenters. The number of nitrogens with two attached hydrogens (primary N) is 1. The van der Waals surface area contributed by atoms with Crippen molar-refractivity contribution in [2.75, 3.05) is 5.75 Å². The van der Waals surface area contributed by atoms with Crippen LogP contribution in [0.2, 0.25) is 0 Å². The van der Waals surface area contributed by atoms with E-state index in [1.807, 2.05) is 0 Å². The number of rotatable bonds is 6. The van der Waals surface area contributed by atoms with E-state index in [2.05, 4.69) is 0 Å². The van der Waals surface area contributed by atoms with E-state index in [4.69, 9.17) is 11.1 Å². The van der Waals surface area contributed by atoms with E-state index in [0.717, 1.165) is 23.5 Å². The molecule has 0 amide bonds. The molecule has 1 aromatic carbocycles. The van der Waals surface area contributed by atoms with Gasteiger partial charge in [-0.05, 0) is 42.9 Å².